The van der Waals surface area contributed by atoms with Crippen LogP contribution in [0.4, 0.5) is 5.69 Å². The second-order valence-electron chi connectivity index (χ2n) is 5.73. The molecule has 1 heterocycles. The van der Waals surface area contributed by atoms with Crippen molar-refractivity contribution in [2.45, 2.75) is 19.8 Å². The number of nitrogens with zero attached hydrogens (tertiary/aromatic N) is 1. The maximum Gasteiger partial charge on any atom is 0.271 e. The molecule has 1 saturated heterocycles. The van der Waals surface area contributed by atoms with Gasteiger partial charge < -0.3 is 10.6 Å². The molecule has 0 saturated carbocycles. The van der Waals surface area contributed by atoms with Gasteiger partial charge in [0.05, 0.1) is 4.92 Å². The first-order chi connectivity index (χ1) is 9.89. The van der Waals surface area contributed by atoms with E-state index in [4.69, 9.17) is 11.6 Å². The number of carbonyl (C=O) groups is 1. The Labute approximate surface area is 128 Å². The maximum absolute atomic E-state index is 12.1. The van der Waals surface area contributed by atoms with E-state index in [1.165, 1.54) is 18.2 Å². The first-order valence-corrected chi connectivity index (χ1v) is 7.21. The normalized spacial score (nSPS) is 21.8. The molecule has 1 amide bonds. The molecular weight excluding hydrogens is 294 g/mol. The number of hydrogen-bond donors (Lipinski definition) is 2. The van der Waals surface area contributed by atoms with Gasteiger partial charge in [-0.25, -0.2) is 0 Å². The lowest BCUT2D eigenvalue weighted by Gasteiger charge is -2.34. The van der Waals surface area contributed by atoms with Crippen LogP contribution in [0.15, 0.2) is 18.2 Å². The van der Waals surface area contributed by atoms with Gasteiger partial charge in [0.15, 0.2) is 0 Å². The van der Waals surface area contributed by atoms with Crippen LogP contribution in [0, 0.1) is 15.5 Å². The molecule has 1 unspecified atom stereocenters. The summed E-state index contributed by atoms with van der Waals surface area (Å²) in [5.74, 6) is -0.340. The fourth-order valence-electron chi connectivity index (χ4n) is 2.48. The molecule has 0 bridgehead atoms. The van der Waals surface area contributed by atoms with Crippen LogP contribution in [0.2, 0.25) is 5.02 Å². The fraction of sp³-hybridized carbons (Fsp3) is 0.500. The summed E-state index contributed by atoms with van der Waals surface area (Å²) in [4.78, 5) is 22.4. The third kappa shape index (κ3) is 4.15. The van der Waals surface area contributed by atoms with Crippen LogP contribution in [0.3, 0.4) is 0 Å². The van der Waals surface area contributed by atoms with E-state index in [0.29, 0.717) is 6.54 Å². The fourth-order valence-corrected chi connectivity index (χ4v) is 2.71. The number of benzene rings is 1. The first-order valence-electron chi connectivity index (χ1n) is 6.84. The molecule has 21 heavy (non-hydrogen) atoms. The van der Waals surface area contributed by atoms with Gasteiger partial charge in [0.25, 0.3) is 11.6 Å². The highest BCUT2D eigenvalue weighted by Crippen LogP contribution is 2.25. The Balaban J connectivity index is 2.04. The van der Waals surface area contributed by atoms with Crippen LogP contribution < -0.4 is 10.6 Å². The van der Waals surface area contributed by atoms with Gasteiger partial charge in [-0.15, -0.1) is 0 Å². The summed E-state index contributed by atoms with van der Waals surface area (Å²) in [5, 5.41) is 17.1. The number of rotatable bonds is 4. The molecule has 0 spiro atoms. The SMILES string of the molecule is CC1(CNC(=O)c2cc(Cl)cc([N+](=O)[O-])c2)CCCNC1. The number of nitro groups is 1. The number of nitrogens with one attached hydrogen (secondary N) is 2. The highest BCUT2D eigenvalue weighted by Gasteiger charge is 2.27. The highest BCUT2D eigenvalue weighted by atomic mass is 35.5. The first kappa shape index (κ1) is 15.7. The molecule has 7 heteroatoms. The lowest BCUT2D eigenvalue weighted by molar-refractivity contribution is -0.384. The van der Waals surface area contributed by atoms with Gasteiger partial charge in [-0.1, -0.05) is 18.5 Å². The Bertz CT molecular complexity index is 556. The molecule has 0 radical (unpaired) electrons. The molecule has 1 aliphatic rings. The van der Waals surface area contributed by atoms with Crippen molar-refractivity contribution >= 4 is 23.2 Å². The summed E-state index contributed by atoms with van der Waals surface area (Å²) in [6, 6.07) is 3.90. The van der Waals surface area contributed by atoms with Crippen LogP contribution in [0.1, 0.15) is 30.1 Å². The predicted molar refractivity (Wildman–Crippen MR) is 80.7 cm³/mol. The van der Waals surface area contributed by atoms with E-state index in [2.05, 4.69) is 17.6 Å². The van der Waals surface area contributed by atoms with Crippen LogP contribution in [0.5, 0.6) is 0 Å². The van der Waals surface area contributed by atoms with Crippen LogP contribution in [-0.2, 0) is 0 Å². The maximum atomic E-state index is 12.1. The van der Waals surface area contributed by atoms with Gasteiger partial charge in [0.2, 0.25) is 0 Å². The van der Waals surface area contributed by atoms with E-state index in [-0.39, 0.29) is 27.6 Å². The van der Waals surface area contributed by atoms with Crippen LogP contribution >= 0.6 is 11.6 Å². The molecule has 1 fully saturated rings. The average Bonchev–Trinajstić information content (AvgIpc) is 2.45. The molecule has 1 aliphatic heterocycles. The minimum Gasteiger partial charge on any atom is -0.351 e. The summed E-state index contributed by atoms with van der Waals surface area (Å²) < 4.78 is 0. The van der Waals surface area contributed by atoms with Crippen molar-refractivity contribution in [3.05, 3.63) is 38.9 Å². The minimum absolute atomic E-state index is 0.0123. The standard InChI is InChI=1S/C14H18ClN3O3/c1-14(3-2-4-16-8-14)9-17-13(19)10-5-11(15)7-12(6-10)18(20)21/h5-7,16H,2-4,8-9H2,1H3,(H,17,19). The van der Waals surface area contributed by atoms with Gasteiger partial charge in [0.1, 0.15) is 0 Å². The molecule has 0 aromatic heterocycles. The number of non-ortho nitro benzene ring substituents is 1. The quantitative estimate of drug-likeness (QED) is 0.660. The minimum atomic E-state index is -0.560. The van der Waals surface area contributed by atoms with Crippen LogP contribution in [0.25, 0.3) is 0 Å². The Morgan fingerprint density at radius 1 is 1.52 bits per heavy atom. The summed E-state index contributed by atoms with van der Waals surface area (Å²) >= 11 is 5.82. The molecule has 1 aromatic carbocycles. The third-order valence-corrected chi connectivity index (χ3v) is 3.94. The van der Waals surface area contributed by atoms with Gasteiger partial charge in [-0.2, -0.15) is 0 Å². The Kier molecular flexibility index (Phi) is 4.80. The number of carbonyl (C=O) groups excluding carboxylic acids is 1. The van der Waals surface area contributed by atoms with E-state index in [9.17, 15) is 14.9 Å². The van der Waals surface area contributed by atoms with Crippen molar-refractivity contribution in [2.24, 2.45) is 5.41 Å². The Morgan fingerprint density at radius 3 is 2.90 bits per heavy atom. The number of nitro benzene ring substituents is 1. The van der Waals surface area contributed by atoms with Crippen molar-refractivity contribution in [3.63, 3.8) is 0 Å². The summed E-state index contributed by atoms with van der Waals surface area (Å²) in [7, 11) is 0. The zero-order valence-electron chi connectivity index (χ0n) is 11.8. The molecule has 6 nitrogen and oxygen atoms in total. The zero-order chi connectivity index (χ0) is 15.5. The van der Waals surface area contributed by atoms with E-state index < -0.39 is 4.92 Å². The van der Waals surface area contributed by atoms with Gasteiger partial charge in [-0.05, 0) is 30.9 Å². The summed E-state index contributed by atoms with van der Waals surface area (Å²) in [6.45, 7) is 4.49. The number of halogens is 1. The smallest absolute Gasteiger partial charge is 0.271 e. The zero-order valence-corrected chi connectivity index (χ0v) is 12.6. The van der Waals surface area contributed by atoms with E-state index in [1.54, 1.807) is 0 Å². The molecular formula is C14H18ClN3O3. The Hall–Kier alpha value is -1.66. The van der Waals surface area contributed by atoms with Crippen molar-refractivity contribution in [2.75, 3.05) is 19.6 Å². The molecule has 114 valence electrons. The third-order valence-electron chi connectivity index (χ3n) is 3.72. The van der Waals surface area contributed by atoms with Crippen molar-refractivity contribution in [1.82, 2.24) is 10.6 Å². The number of piperidine rings is 1. The average molecular weight is 312 g/mol. The monoisotopic (exact) mass is 311 g/mol. The van der Waals surface area contributed by atoms with Gasteiger partial charge in [-0.3, -0.25) is 14.9 Å². The van der Waals surface area contributed by atoms with Crippen molar-refractivity contribution in [3.8, 4) is 0 Å². The topological polar surface area (TPSA) is 84.3 Å². The van der Waals surface area contributed by atoms with Gasteiger partial charge in [0, 0.05) is 35.8 Å². The second kappa shape index (κ2) is 6.41. The van der Waals surface area contributed by atoms with Crippen molar-refractivity contribution < 1.29 is 9.72 Å². The van der Waals surface area contributed by atoms with E-state index in [1.807, 2.05) is 0 Å². The van der Waals surface area contributed by atoms with Gasteiger partial charge >= 0.3 is 0 Å². The highest BCUT2D eigenvalue weighted by molar-refractivity contribution is 6.31. The lowest BCUT2D eigenvalue weighted by atomic mass is 9.83. The predicted octanol–water partition coefficient (Wildman–Crippen LogP) is 2.37. The molecule has 1 atom stereocenters. The molecule has 0 aliphatic carbocycles. The largest absolute Gasteiger partial charge is 0.351 e. The number of amides is 1. The number of hydrogen-bond acceptors (Lipinski definition) is 4. The van der Waals surface area contributed by atoms with Crippen LogP contribution in [-0.4, -0.2) is 30.5 Å². The summed E-state index contributed by atoms with van der Waals surface area (Å²) in [6.07, 6.45) is 2.12. The van der Waals surface area contributed by atoms with E-state index in [0.717, 1.165) is 25.9 Å². The molecule has 1 aromatic rings. The van der Waals surface area contributed by atoms with E-state index >= 15 is 0 Å². The molecule has 2 N–H and O–H groups in total. The molecule has 2 rings (SSSR count). The van der Waals surface area contributed by atoms with Crippen molar-refractivity contribution in [1.29, 1.82) is 0 Å². The Morgan fingerprint density at radius 2 is 2.29 bits per heavy atom. The lowest BCUT2D eigenvalue weighted by Crippen LogP contribution is -2.45. The second-order valence-corrected chi connectivity index (χ2v) is 6.17. The summed E-state index contributed by atoms with van der Waals surface area (Å²) in [5.41, 5.74) is 0.0399.